The summed E-state index contributed by atoms with van der Waals surface area (Å²) in [6, 6.07) is 23.3. The summed E-state index contributed by atoms with van der Waals surface area (Å²) in [5.41, 5.74) is 3.71. The molecule has 0 spiro atoms. The number of fused-ring (bicyclic) bond motifs is 1. The number of nitrogens with one attached hydrogen (secondary N) is 1. The average molecular weight is 430 g/mol. The highest BCUT2D eigenvalue weighted by Crippen LogP contribution is 2.41. The van der Waals surface area contributed by atoms with Gasteiger partial charge in [-0.1, -0.05) is 48.5 Å². The van der Waals surface area contributed by atoms with Crippen molar-refractivity contribution in [3.63, 3.8) is 0 Å². The third-order valence-corrected chi connectivity index (χ3v) is 5.50. The molecule has 32 heavy (non-hydrogen) atoms. The van der Waals surface area contributed by atoms with Crippen LogP contribution in [-0.4, -0.2) is 19.1 Å². The van der Waals surface area contributed by atoms with Crippen molar-refractivity contribution in [1.82, 2.24) is 0 Å². The van der Waals surface area contributed by atoms with Crippen molar-refractivity contribution in [2.75, 3.05) is 12.4 Å². The predicted octanol–water partition coefficient (Wildman–Crippen LogP) is 5.72. The Balaban J connectivity index is 1.44. The number of benzene rings is 3. The number of carbonyl (C=O) groups is 1. The van der Waals surface area contributed by atoms with Crippen molar-refractivity contribution in [2.24, 2.45) is 0 Å². The van der Waals surface area contributed by atoms with Crippen molar-refractivity contribution in [2.45, 2.75) is 32.5 Å². The Kier molecular flexibility index (Phi) is 6.45. The van der Waals surface area contributed by atoms with E-state index in [9.17, 15) is 4.79 Å². The minimum atomic E-state index is -0.210. The molecule has 1 aliphatic rings. The average Bonchev–Trinajstić information content (AvgIpc) is 3.25. The lowest BCUT2D eigenvalue weighted by Crippen LogP contribution is -2.17. The molecule has 0 radical (unpaired) electrons. The van der Waals surface area contributed by atoms with E-state index in [1.54, 1.807) is 19.3 Å². The van der Waals surface area contributed by atoms with Gasteiger partial charge in [-0.2, -0.15) is 0 Å². The van der Waals surface area contributed by atoms with Crippen LogP contribution < -0.4 is 19.5 Å². The van der Waals surface area contributed by atoms with Crippen LogP contribution in [0.4, 0.5) is 5.69 Å². The molecule has 0 saturated carbocycles. The van der Waals surface area contributed by atoms with Crippen molar-refractivity contribution in [3.8, 4) is 17.2 Å². The number of rotatable bonds is 7. The zero-order chi connectivity index (χ0) is 22.5. The first-order chi connectivity index (χ1) is 15.5. The molecule has 3 aromatic rings. The lowest BCUT2D eigenvalue weighted by molar-refractivity contribution is -0.112. The minimum absolute atomic E-state index is 0.101. The molecule has 0 fully saturated rings. The van der Waals surface area contributed by atoms with Crippen molar-refractivity contribution >= 4 is 11.6 Å². The highest BCUT2D eigenvalue weighted by atomic mass is 16.5. The van der Waals surface area contributed by atoms with Gasteiger partial charge in [0.1, 0.15) is 18.0 Å². The summed E-state index contributed by atoms with van der Waals surface area (Å²) in [6.07, 6.45) is 1.97. The van der Waals surface area contributed by atoms with Crippen LogP contribution in [0.2, 0.25) is 0 Å². The molecular weight excluding hydrogens is 402 g/mol. The van der Waals surface area contributed by atoms with Gasteiger partial charge in [0.25, 0.3) is 0 Å². The lowest BCUT2D eigenvalue weighted by Gasteiger charge is -2.18. The first kappa shape index (κ1) is 21.5. The second-order valence-corrected chi connectivity index (χ2v) is 7.84. The number of para-hydroxylation sites is 1. The third-order valence-electron chi connectivity index (χ3n) is 5.50. The summed E-state index contributed by atoms with van der Waals surface area (Å²) in [5.74, 6) is 1.95. The van der Waals surface area contributed by atoms with E-state index in [4.69, 9.17) is 14.2 Å². The molecule has 5 heteroatoms. The fraction of sp³-hybridized carbons (Fsp3) is 0.222. The maximum atomic E-state index is 12.5. The van der Waals surface area contributed by atoms with E-state index >= 15 is 0 Å². The van der Waals surface area contributed by atoms with Crippen LogP contribution in [0.1, 0.15) is 31.1 Å². The fourth-order valence-corrected chi connectivity index (χ4v) is 3.75. The minimum Gasteiger partial charge on any atom is -0.497 e. The van der Waals surface area contributed by atoms with Gasteiger partial charge in [0.2, 0.25) is 5.91 Å². The Labute approximate surface area is 188 Å². The Morgan fingerprint density at radius 3 is 2.66 bits per heavy atom. The number of anilines is 1. The van der Waals surface area contributed by atoms with E-state index < -0.39 is 0 Å². The maximum absolute atomic E-state index is 12.5. The smallest absolute Gasteiger partial charge is 0.248 e. The monoisotopic (exact) mass is 429 g/mol. The quantitative estimate of drug-likeness (QED) is 0.488. The number of methoxy groups -OCH3 is 1. The van der Waals surface area contributed by atoms with Gasteiger partial charge in [0.05, 0.1) is 7.11 Å². The molecule has 0 aliphatic carbocycles. The maximum Gasteiger partial charge on any atom is 0.248 e. The lowest BCUT2D eigenvalue weighted by atomic mass is 10.0. The molecule has 4 rings (SSSR count). The summed E-state index contributed by atoms with van der Waals surface area (Å²) in [6.45, 7) is 3.93. The van der Waals surface area contributed by atoms with Crippen LogP contribution in [0.3, 0.4) is 0 Å². The Morgan fingerprint density at radius 1 is 1.09 bits per heavy atom. The summed E-state index contributed by atoms with van der Waals surface area (Å²) in [5, 5.41) is 2.87. The Bertz CT molecular complexity index is 1120. The SMILES string of the molecule is COc1cccc(NC(=O)/C=C(\C)C2Cc3cccc(OC(C)c4ccccc4)c3O2)c1. The van der Waals surface area contributed by atoms with E-state index in [1.807, 2.05) is 80.6 Å². The van der Waals surface area contributed by atoms with E-state index in [1.165, 1.54) is 0 Å². The van der Waals surface area contributed by atoms with Gasteiger partial charge in [-0.05, 0) is 43.2 Å². The van der Waals surface area contributed by atoms with Gasteiger partial charge in [0.15, 0.2) is 11.5 Å². The summed E-state index contributed by atoms with van der Waals surface area (Å²) in [4.78, 5) is 12.5. The predicted molar refractivity (Wildman–Crippen MR) is 125 cm³/mol. The first-order valence-electron chi connectivity index (χ1n) is 10.7. The van der Waals surface area contributed by atoms with Gasteiger partial charge in [0, 0.05) is 29.8 Å². The molecule has 1 heterocycles. The third kappa shape index (κ3) is 4.94. The number of carbonyl (C=O) groups excluding carboxylic acids is 1. The summed E-state index contributed by atoms with van der Waals surface area (Å²) < 4.78 is 17.7. The topological polar surface area (TPSA) is 56.8 Å². The van der Waals surface area contributed by atoms with Crippen LogP contribution >= 0.6 is 0 Å². The zero-order valence-corrected chi connectivity index (χ0v) is 18.5. The largest absolute Gasteiger partial charge is 0.497 e. The van der Waals surface area contributed by atoms with Gasteiger partial charge in [-0.3, -0.25) is 4.79 Å². The molecule has 1 aliphatic heterocycles. The van der Waals surface area contributed by atoms with Gasteiger partial charge >= 0.3 is 0 Å². The standard InChI is InChI=1S/C27H27NO4/c1-18(15-26(29)28-22-12-8-13-23(17-22)30-3)25-16-21-11-7-14-24(27(21)32-25)31-19(2)20-9-5-4-6-10-20/h4-15,17,19,25H,16H2,1-3H3,(H,28,29)/b18-15+. The van der Waals surface area contributed by atoms with Crippen molar-refractivity contribution in [3.05, 3.63) is 95.6 Å². The summed E-state index contributed by atoms with van der Waals surface area (Å²) in [7, 11) is 1.60. The molecule has 5 nitrogen and oxygen atoms in total. The number of amides is 1. The molecule has 2 unspecified atom stereocenters. The number of hydrogen-bond donors (Lipinski definition) is 1. The highest BCUT2D eigenvalue weighted by molar-refractivity contribution is 5.99. The molecule has 0 saturated heterocycles. The van der Waals surface area contributed by atoms with E-state index in [2.05, 4.69) is 5.32 Å². The Hall–Kier alpha value is -3.73. The van der Waals surface area contributed by atoms with Crippen LogP contribution in [0.25, 0.3) is 0 Å². The van der Waals surface area contributed by atoms with Crippen LogP contribution in [0.15, 0.2) is 84.4 Å². The number of ether oxygens (including phenoxy) is 3. The molecule has 1 N–H and O–H groups in total. The molecule has 0 bridgehead atoms. The molecule has 2 atom stereocenters. The summed E-state index contributed by atoms with van der Waals surface area (Å²) >= 11 is 0. The van der Waals surface area contributed by atoms with Crippen LogP contribution in [0.5, 0.6) is 17.2 Å². The Morgan fingerprint density at radius 2 is 1.88 bits per heavy atom. The van der Waals surface area contributed by atoms with E-state index in [0.29, 0.717) is 17.9 Å². The second-order valence-electron chi connectivity index (χ2n) is 7.84. The van der Waals surface area contributed by atoms with Gasteiger partial charge in [-0.15, -0.1) is 0 Å². The first-order valence-corrected chi connectivity index (χ1v) is 10.7. The molecule has 164 valence electrons. The molecule has 1 amide bonds. The highest BCUT2D eigenvalue weighted by Gasteiger charge is 2.28. The van der Waals surface area contributed by atoms with Crippen molar-refractivity contribution < 1.29 is 19.0 Å². The molecule has 3 aromatic carbocycles. The molecular formula is C27H27NO4. The van der Waals surface area contributed by atoms with Gasteiger partial charge in [-0.25, -0.2) is 0 Å². The normalized spacial score (nSPS) is 16.0. The van der Waals surface area contributed by atoms with Crippen LogP contribution in [-0.2, 0) is 11.2 Å². The van der Waals surface area contributed by atoms with E-state index in [-0.39, 0.29) is 18.1 Å². The van der Waals surface area contributed by atoms with Gasteiger partial charge < -0.3 is 19.5 Å². The molecule has 0 aromatic heterocycles. The van der Waals surface area contributed by atoms with Crippen LogP contribution in [0, 0.1) is 0 Å². The number of hydrogen-bond acceptors (Lipinski definition) is 4. The zero-order valence-electron chi connectivity index (χ0n) is 18.5. The van der Waals surface area contributed by atoms with Crippen molar-refractivity contribution in [1.29, 1.82) is 0 Å². The second kappa shape index (κ2) is 9.60. The van der Waals surface area contributed by atoms with E-state index in [0.717, 1.165) is 28.2 Å². The fourth-order valence-electron chi connectivity index (χ4n) is 3.75.